The SMILES string of the molecule is Cc1nc2ncnn2c(N(C)CCN(C)C)c1C. The number of aryl methyl sites for hydroxylation is 1. The molecule has 2 aromatic heterocycles. The third kappa shape index (κ3) is 2.28. The van der Waals surface area contributed by atoms with E-state index in [1.165, 1.54) is 0 Å². The maximum absolute atomic E-state index is 4.43. The van der Waals surface area contributed by atoms with Gasteiger partial charge in [0.1, 0.15) is 12.1 Å². The van der Waals surface area contributed by atoms with Gasteiger partial charge in [0, 0.05) is 31.4 Å². The fourth-order valence-corrected chi connectivity index (χ4v) is 1.92. The molecule has 0 aliphatic carbocycles. The zero-order valence-corrected chi connectivity index (χ0v) is 11.7. The van der Waals surface area contributed by atoms with E-state index < -0.39 is 0 Å². The third-order valence-electron chi connectivity index (χ3n) is 3.12. The molecule has 0 amide bonds. The van der Waals surface area contributed by atoms with E-state index in [4.69, 9.17) is 0 Å². The Hall–Kier alpha value is -1.69. The van der Waals surface area contributed by atoms with Crippen molar-refractivity contribution in [3.63, 3.8) is 0 Å². The fourth-order valence-electron chi connectivity index (χ4n) is 1.92. The summed E-state index contributed by atoms with van der Waals surface area (Å²) in [6.45, 7) is 6.01. The van der Waals surface area contributed by atoms with Crippen LogP contribution in [0.3, 0.4) is 0 Å². The van der Waals surface area contributed by atoms with E-state index in [9.17, 15) is 0 Å². The third-order valence-corrected chi connectivity index (χ3v) is 3.12. The van der Waals surface area contributed by atoms with Crippen LogP contribution < -0.4 is 4.90 Å². The van der Waals surface area contributed by atoms with Gasteiger partial charge in [-0.05, 0) is 27.9 Å². The van der Waals surface area contributed by atoms with Crippen LogP contribution in [-0.2, 0) is 0 Å². The summed E-state index contributed by atoms with van der Waals surface area (Å²) in [5.41, 5.74) is 2.15. The quantitative estimate of drug-likeness (QED) is 0.798. The molecule has 2 aromatic rings. The van der Waals surface area contributed by atoms with Crippen molar-refractivity contribution in [2.75, 3.05) is 39.1 Å². The zero-order chi connectivity index (χ0) is 13.3. The highest BCUT2D eigenvalue weighted by molar-refractivity contribution is 5.53. The van der Waals surface area contributed by atoms with Gasteiger partial charge in [-0.15, -0.1) is 0 Å². The number of fused-ring (bicyclic) bond motifs is 1. The second-order valence-corrected chi connectivity index (χ2v) is 4.84. The maximum atomic E-state index is 4.43. The van der Waals surface area contributed by atoms with Gasteiger partial charge in [0.25, 0.3) is 5.78 Å². The summed E-state index contributed by atoms with van der Waals surface area (Å²) in [6.07, 6.45) is 1.55. The number of hydrogen-bond donors (Lipinski definition) is 0. The van der Waals surface area contributed by atoms with Crippen LogP contribution in [0, 0.1) is 13.8 Å². The Kier molecular flexibility index (Phi) is 3.47. The van der Waals surface area contributed by atoms with E-state index in [0.29, 0.717) is 5.78 Å². The molecular weight excluding hydrogens is 228 g/mol. The molecule has 2 rings (SSSR count). The largest absolute Gasteiger partial charge is 0.358 e. The number of hydrogen-bond acceptors (Lipinski definition) is 5. The first-order valence-corrected chi connectivity index (χ1v) is 6.03. The van der Waals surface area contributed by atoms with Crippen molar-refractivity contribution >= 4 is 11.6 Å². The van der Waals surface area contributed by atoms with Gasteiger partial charge in [-0.3, -0.25) is 0 Å². The molecule has 0 aliphatic rings. The Morgan fingerprint density at radius 2 is 1.89 bits per heavy atom. The van der Waals surface area contributed by atoms with Gasteiger partial charge in [-0.25, -0.2) is 4.98 Å². The van der Waals surface area contributed by atoms with E-state index >= 15 is 0 Å². The normalized spacial score (nSPS) is 11.4. The molecule has 2 heterocycles. The fraction of sp³-hybridized carbons (Fsp3) is 0.583. The molecule has 0 aromatic carbocycles. The summed E-state index contributed by atoms with van der Waals surface area (Å²) in [5, 5.41) is 4.26. The summed E-state index contributed by atoms with van der Waals surface area (Å²) in [4.78, 5) is 13.0. The summed E-state index contributed by atoms with van der Waals surface area (Å²) in [6, 6.07) is 0. The predicted octanol–water partition coefficient (Wildman–Crippen LogP) is 0.739. The van der Waals surface area contributed by atoms with Crippen LogP contribution in [0.1, 0.15) is 11.3 Å². The Balaban J connectivity index is 2.41. The van der Waals surface area contributed by atoms with Crippen LogP contribution in [0.5, 0.6) is 0 Å². The van der Waals surface area contributed by atoms with Crippen LogP contribution in [0.25, 0.3) is 5.78 Å². The number of nitrogens with zero attached hydrogens (tertiary/aromatic N) is 6. The molecule has 18 heavy (non-hydrogen) atoms. The molecule has 6 heteroatoms. The number of likely N-dealkylation sites (N-methyl/N-ethyl adjacent to an activating group) is 2. The second-order valence-electron chi connectivity index (χ2n) is 4.84. The number of rotatable bonds is 4. The molecule has 0 unspecified atom stereocenters. The van der Waals surface area contributed by atoms with E-state index in [1.54, 1.807) is 10.8 Å². The minimum atomic E-state index is 0.657. The summed E-state index contributed by atoms with van der Waals surface area (Å²) in [5.74, 6) is 1.72. The van der Waals surface area contributed by atoms with E-state index in [1.807, 2.05) is 6.92 Å². The standard InChI is InChI=1S/C12H20N6/c1-9-10(2)15-12-13-8-14-18(12)11(9)17(5)7-6-16(3)4/h8H,6-7H2,1-5H3. The van der Waals surface area contributed by atoms with Crippen molar-refractivity contribution in [1.29, 1.82) is 0 Å². The van der Waals surface area contributed by atoms with Gasteiger partial charge in [0.05, 0.1) is 0 Å². The van der Waals surface area contributed by atoms with Gasteiger partial charge in [0.15, 0.2) is 0 Å². The lowest BCUT2D eigenvalue weighted by Gasteiger charge is -2.24. The molecule has 6 nitrogen and oxygen atoms in total. The second kappa shape index (κ2) is 4.89. The molecule has 0 radical (unpaired) electrons. The molecule has 0 saturated carbocycles. The molecule has 0 fully saturated rings. The molecule has 0 atom stereocenters. The van der Waals surface area contributed by atoms with Crippen molar-refractivity contribution in [3.05, 3.63) is 17.6 Å². The van der Waals surface area contributed by atoms with Crippen LogP contribution in [0.2, 0.25) is 0 Å². The molecular formula is C12H20N6. The summed E-state index contributed by atoms with van der Waals surface area (Å²) >= 11 is 0. The Labute approximate surface area is 107 Å². The lowest BCUT2D eigenvalue weighted by molar-refractivity contribution is 0.415. The topological polar surface area (TPSA) is 49.6 Å². The first kappa shape index (κ1) is 12.8. The molecule has 0 aliphatic heterocycles. The molecule has 0 spiro atoms. The molecule has 0 saturated heterocycles. The van der Waals surface area contributed by atoms with E-state index in [-0.39, 0.29) is 0 Å². The van der Waals surface area contributed by atoms with Crippen molar-refractivity contribution in [1.82, 2.24) is 24.5 Å². The van der Waals surface area contributed by atoms with Crippen molar-refractivity contribution in [3.8, 4) is 0 Å². The first-order chi connectivity index (χ1) is 8.50. The van der Waals surface area contributed by atoms with Crippen molar-refractivity contribution in [2.24, 2.45) is 0 Å². The number of anilines is 1. The molecule has 98 valence electrons. The predicted molar refractivity (Wildman–Crippen MR) is 72.1 cm³/mol. The molecule has 0 N–H and O–H groups in total. The summed E-state index contributed by atoms with van der Waals surface area (Å²) < 4.78 is 1.80. The number of aromatic nitrogens is 4. The van der Waals surface area contributed by atoms with Crippen molar-refractivity contribution < 1.29 is 0 Å². The smallest absolute Gasteiger partial charge is 0.254 e. The van der Waals surface area contributed by atoms with Gasteiger partial charge in [0.2, 0.25) is 0 Å². The Bertz CT molecular complexity index is 545. The van der Waals surface area contributed by atoms with Crippen molar-refractivity contribution in [2.45, 2.75) is 13.8 Å². The lowest BCUT2D eigenvalue weighted by Crippen LogP contribution is -2.30. The van der Waals surface area contributed by atoms with Gasteiger partial charge in [-0.1, -0.05) is 0 Å². The van der Waals surface area contributed by atoms with Crippen LogP contribution >= 0.6 is 0 Å². The van der Waals surface area contributed by atoms with Crippen LogP contribution in [-0.4, -0.2) is 58.7 Å². The molecule has 0 bridgehead atoms. The van der Waals surface area contributed by atoms with Crippen LogP contribution in [0.4, 0.5) is 5.82 Å². The van der Waals surface area contributed by atoms with Crippen LogP contribution in [0.15, 0.2) is 6.33 Å². The highest BCUT2D eigenvalue weighted by Crippen LogP contribution is 2.20. The van der Waals surface area contributed by atoms with Gasteiger partial charge < -0.3 is 9.80 Å². The summed E-state index contributed by atoms with van der Waals surface area (Å²) in [7, 11) is 6.22. The average Bonchev–Trinajstić information content (AvgIpc) is 2.74. The first-order valence-electron chi connectivity index (χ1n) is 6.03. The monoisotopic (exact) mass is 248 g/mol. The average molecular weight is 248 g/mol. The highest BCUT2D eigenvalue weighted by atomic mass is 15.4. The maximum Gasteiger partial charge on any atom is 0.254 e. The van der Waals surface area contributed by atoms with E-state index in [0.717, 1.165) is 30.2 Å². The minimum absolute atomic E-state index is 0.657. The van der Waals surface area contributed by atoms with E-state index in [2.05, 4.69) is 52.9 Å². The van der Waals surface area contributed by atoms with Gasteiger partial charge in [-0.2, -0.15) is 14.6 Å². The Morgan fingerprint density at radius 1 is 1.17 bits per heavy atom. The Morgan fingerprint density at radius 3 is 2.56 bits per heavy atom. The zero-order valence-electron chi connectivity index (χ0n) is 11.7. The highest BCUT2D eigenvalue weighted by Gasteiger charge is 2.14. The van der Waals surface area contributed by atoms with Gasteiger partial charge >= 0.3 is 0 Å². The lowest BCUT2D eigenvalue weighted by atomic mass is 10.2. The minimum Gasteiger partial charge on any atom is -0.358 e.